The lowest BCUT2D eigenvalue weighted by Gasteiger charge is -2.25. The normalized spacial score (nSPS) is 15.5. The van der Waals surface area contributed by atoms with Gasteiger partial charge in [0, 0.05) is 25.1 Å². The summed E-state index contributed by atoms with van der Waals surface area (Å²) in [4.78, 5) is 16.5. The monoisotopic (exact) mass is 283 g/mol. The summed E-state index contributed by atoms with van der Waals surface area (Å²) in [5, 5.41) is 10.7. The first kappa shape index (κ1) is 13.5. The lowest BCUT2D eigenvalue weighted by Crippen LogP contribution is -2.29. The van der Waals surface area contributed by atoms with Crippen LogP contribution in [-0.4, -0.2) is 23.5 Å². The van der Waals surface area contributed by atoms with Crippen LogP contribution in [0.1, 0.15) is 18.4 Å². The van der Waals surface area contributed by atoms with Crippen LogP contribution in [0.3, 0.4) is 0 Å². The highest BCUT2D eigenvalue weighted by Crippen LogP contribution is 2.48. The van der Waals surface area contributed by atoms with Crippen molar-refractivity contribution in [3.05, 3.63) is 64.3 Å². The van der Waals surface area contributed by atoms with Crippen LogP contribution in [0.25, 0.3) is 0 Å². The molecule has 0 atom stereocenters. The molecule has 0 saturated heterocycles. The molecule has 1 heterocycles. The maximum absolute atomic E-state index is 10.7. The predicted molar refractivity (Wildman–Crippen MR) is 81.5 cm³/mol. The minimum Gasteiger partial charge on any atom is -0.359 e. The van der Waals surface area contributed by atoms with Gasteiger partial charge in [-0.05, 0) is 24.5 Å². The van der Waals surface area contributed by atoms with Gasteiger partial charge in [0.2, 0.25) is 0 Å². The molecule has 1 saturated carbocycles. The van der Waals surface area contributed by atoms with Gasteiger partial charge in [-0.2, -0.15) is 0 Å². The van der Waals surface area contributed by atoms with Gasteiger partial charge < -0.3 is 4.90 Å². The Balaban J connectivity index is 1.74. The molecular weight excluding hydrogens is 266 g/mol. The maximum atomic E-state index is 10.7. The van der Waals surface area contributed by atoms with Crippen molar-refractivity contribution in [3.63, 3.8) is 0 Å². The molecule has 1 aliphatic carbocycles. The van der Waals surface area contributed by atoms with Gasteiger partial charge in [0.15, 0.2) is 0 Å². The Morgan fingerprint density at radius 3 is 2.48 bits per heavy atom. The van der Waals surface area contributed by atoms with E-state index in [1.807, 2.05) is 13.1 Å². The van der Waals surface area contributed by atoms with Crippen LogP contribution in [0.15, 0.2) is 48.7 Å². The SMILES string of the molecule is CN(CC1(c2ccccc2)CC1)c1ccc([N+](=O)[O-])cn1. The molecule has 108 valence electrons. The Kier molecular flexibility index (Phi) is 3.33. The van der Waals surface area contributed by atoms with Crippen LogP contribution in [0.2, 0.25) is 0 Å². The second-order valence-electron chi connectivity index (χ2n) is 5.63. The fourth-order valence-electron chi connectivity index (χ4n) is 2.73. The molecule has 1 aromatic heterocycles. The quantitative estimate of drug-likeness (QED) is 0.624. The summed E-state index contributed by atoms with van der Waals surface area (Å²) >= 11 is 0. The molecule has 0 unspecified atom stereocenters. The molecule has 2 aromatic rings. The van der Waals surface area contributed by atoms with Crippen molar-refractivity contribution in [3.8, 4) is 0 Å². The fraction of sp³-hybridized carbons (Fsp3) is 0.312. The molecule has 0 amide bonds. The van der Waals surface area contributed by atoms with Gasteiger partial charge in [0.05, 0.1) is 4.92 Å². The number of likely N-dealkylation sites (N-methyl/N-ethyl adjacent to an activating group) is 1. The average molecular weight is 283 g/mol. The van der Waals surface area contributed by atoms with Gasteiger partial charge in [0.1, 0.15) is 12.0 Å². The number of hydrogen-bond donors (Lipinski definition) is 0. The molecule has 21 heavy (non-hydrogen) atoms. The maximum Gasteiger partial charge on any atom is 0.287 e. The second kappa shape index (κ2) is 5.16. The zero-order valence-electron chi connectivity index (χ0n) is 11.9. The number of rotatable bonds is 5. The molecule has 0 spiro atoms. The van der Waals surface area contributed by atoms with E-state index < -0.39 is 4.92 Å². The summed E-state index contributed by atoms with van der Waals surface area (Å²) in [5.41, 5.74) is 1.59. The smallest absolute Gasteiger partial charge is 0.287 e. The van der Waals surface area contributed by atoms with E-state index in [0.29, 0.717) is 0 Å². The van der Waals surface area contributed by atoms with Crippen molar-refractivity contribution in [2.24, 2.45) is 0 Å². The van der Waals surface area contributed by atoms with E-state index in [9.17, 15) is 10.1 Å². The first-order valence-corrected chi connectivity index (χ1v) is 6.98. The summed E-state index contributed by atoms with van der Waals surface area (Å²) < 4.78 is 0. The van der Waals surface area contributed by atoms with E-state index in [1.165, 1.54) is 30.7 Å². The van der Waals surface area contributed by atoms with Crippen molar-refractivity contribution < 1.29 is 4.92 Å². The average Bonchev–Trinajstić information content (AvgIpc) is 3.29. The molecule has 5 nitrogen and oxygen atoms in total. The third kappa shape index (κ3) is 2.72. The Bertz CT molecular complexity index is 636. The predicted octanol–water partition coefficient (Wildman–Crippen LogP) is 3.16. The molecule has 3 rings (SSSR count). The fourth-order valence-corrected chi connectivity index (χ4v) is 2.73. The van der Waals surface area contributed by atoms with Crippen molar-refractivity contribution in [2.75, 3.05) is 18.5 Å². The Hall–Kier alpha value is -2.43. The zero-order chi connectivity index (χ0) is 14.9. The zero-order valence-corrected chi connectivity index (χ0v) is 11.9. The van der Waals surface area contributed by atoms with E-state index in [1.54, 1.807) is 6.07 Å². The molecule has 1 fully saturated rings. The van der Waals surface area contributed by atoms with E-state index in [-0.39, 0.29) is 11.1 Å². The molecular formula is C16H17N3O2. The van der Waals surface area contributed by atoms with Gasteiger partial charge >= 0.3 is 0 Å². The first-order valence-electron chi connectivity index (χ1n) is 6.98. The highest BCUT2D eigenvalue weighted by molar-refractivity contribution is 5.44. The number of nitrogens with zero attached hydrogens (tertiary/aromatic N) is 3. The summed E-state index contributed by atoms with van der Waals surface area (Å²) in [6, 6.07) is 13.7. The topological polar surface area (TPSA) is 59.3 Å². The van der Waals surface area contributed by atoms with Crippen LogP contribution in [0.5, 0.6) is 0 Å². The van der Waals surface area contributed by atoms with E-state index in [4.69, 9.17) is 0 Å². The molecule has 5 heteroatoms. The lowest BCUT2D eigenvalue weighted by atomic mass is 9.95. The van der Waals surface area contributed by atoms with Gasteiger partial charge in [0.25, 0.3) is 5.69 Å². The number of pyridine rings is 1. The second-order valence-corrected chi connectivity index (χ2v) is 5.63. The standard InChI is InChI=1S/C16H17N3O2/c1-18(15-8-7-14(11-17-15)19(20)21)12-16(9-10-16)13-5-3-2-4-6-13/h2-8,11H,9-10,12H2,1H3. The Labute approximate surface area is 123 Å². The molecule has 1 aromatic carbocycles. The summed E-state index contributed by atoms with van der Waals surface area (Å²) in [6.45, 7) is 0.877. The number of benzene rings is 1. The number of nitro groups is 1. The summed E-state index contributed by atoms with van der Waals surface area (Å²) in [5.74, 6) is 0.766. The minimum absolute atomic E-state index is 0.0244. The first-order chi connectivity index (χ1) is 10.1. The van der Waals surface area contributed by atoms with Crippen LogP contribution in [0.4, 0.5) is 11.5 Å². The van der Waals surface area contributed by atoms with Gasteiger partial charge in [-0.1, -0.05) is 30.3 Å². The Morgan fingerprint density at radius 1 is 1.24 bits per heavy atom. The Morgan fingerprint density at radius 2 is 1.95 bits per heavy atom. The number of hydrogen-bond acceptors (Lipinski definition) is 4. The molecule has 0 radical (unpaired) electrons. The van der Waals surface area contributed by atoms with Crippen LogP contribution >= 0.6 is 0 Å². The third-order valence-corrected chi connectivity index (χ3v) is 4.11. The van der Waals surface area contributed by atoms with Crippen LogP contribution in [0, 0.1) is 10.1 Å². The molecule has 0 N–H and O–H groups in total. The largest absolute Gasteiger partial charge is 0.359 e. The highest BCUT2D eigenvalue weighted by Gasteiger charge is 2.45. The van der Waals surface area contributed by atoms with Crippen LogP contribution < -0.4 is 4.90 Å². The molecule has 1 aliphatic rings. The molecule has 0 bridgehead atoms. The number of anilines is 1. The van der Waals surface area contributed by atoms with Crippen molar-refractivity contribution in [1.29, 1.82) is 0 Å². The molecule has 0 aliphatic heterocycles. The van der Waals surface area contributed by atoms with E-state index in [2.05, 4.69) is 34.1 Å². The van der Waals surface area contributed by atoms with Gasteiger partial charge in [-0.15, -0.1) is 0 Å². The van der Waals surface area contributed by atoms with E-state index >= 15 is 0 Å². The van der Waals surface area contributed by atoms with Crippen molar-refractivity contribution >= 4 is 11.5 Å². The van der Waals surface area contributed by atoms with Crippen molar-refractivity contribution in [2.45, 2.75) is 18.3 Å². The van der Waals surface area contributed by atoms with Crippen molar-refractivity contribution in [1.82, 2.24) is 4.98 Å². The van der Waals surface area contributed by atoms with Gasteiger partial charge in [-0.3, -0.25) is 10.1 Å². The van der Waals surface area contributed by atoms with E-state index in [0.717, 1.165) is 12.4 Å². The summed E-state index contributed by atoms with van der Waals surface area (Å²) in [7, 11) is 1.98. The highest BCUT2D eigenvalue weighted by atomic mass is 16.6. The summed E-state index contributed by atoms with van der Waals surface area (Å²) in [6.07, 6.45) is 3.66. The van der Waals surface area contributed by atoms with Crippen LogP contribution in [-0.2, 0) is 5.41 Å². The lowest BCUT2D eigenvalue weighted by molar-refractivity contribution is -0.385. The third-order valence-electron chi connectivity index (χ3n) is 4.11. The van der Waals surface area contributed by atoms with Gasteiger partial charge in [-0.25, -0.2) is 4.98 Å². The number of aromatic nitrogens is 1. The minimum atomic E-state index is -0.427.